The normalized spacial score (nSPS) is 12.9. The van der Waals surface area contributed by atoms with Crippen molar-refractivity contribution < 1.29 is 18.0 Å². The van der Waals surface area contributed by atoms with E-state index in [1.165, 1.54) is 4.90 Å². The minimum absolute atomic E-state index is 0.0194. The SMILES string of the molecule is CCC(C)NC(=O)C(Cc1ccccc1)N(Cc1ccc(Cl)c(Cl)c1)C(=O)CN(c1cc(C)cc(C)c1)S(C)(=O)=O. The van der Waals surface area contributed by atoms with Crippen LogP contribution in [0, 0.1) is 13.8 Å². The average molecular weight is 619 g/mol. The van der Waals surface area contributed by atoms with Gasteiger partial charge in [0.05, 0.1) is 22.0 Å². The molecule has 2 amide bonds. The van der Waals surface area contributed by atoms with Gasteiger partial charge in [0.1, 0.15) is 12.6 Å². The number of nitrogens with zero attached hydrogens (tertiary/aromatic N) is 2. The Morgan fingerprint density at radius 3 is 2.10 bits per heavy atom. The highest BCUT2D eigenvalue weighted by Crippen LogP contribution is 2.26. The summed E-state index contributed by atoms with van der Waals surface area (Å²) in [5, 5.41) is 3.69. The highest BCUT2D eigenvalue weighted by molar-refractivity contribution is 7.92. The smallest absolute Gasteiger partial charge is 0.244 e. The first-order valence-electron chi connectivity index (χ1n) is 13.4. The highest BCUT2D eigenvalue weighted by Gasteiger charge is 2.33. The summed E-state index contributed by atoms with van der Waals surface area (Å²) in [6.07, 6.45) is 2.01. The Kier molecular flexibility index (Phi) is 11.2. The van der Waals surface area contributed by atoms with Gasteiger partial charge in [-0.25, -0.2) is 8.42 Å². The van der Waals surface area contributed by atoms with Crippen molar-refractivity contribution in [1.29, 1.82) is 0 Å². The Morgan fingerprint density at radius 2 is 1.54 bits per heavy atom. The van der Waals surface area contributed by atoms with Crippen LogP contribution in [-0.2, 0) is 32.6 Å². The molecule has 0 spiro atoms. The predicted molar refractivity (Wildman–Crippen MR) is 167 cm³/mol. The molecule has 0 fully saturated rings. The highest BCUT2D eigenvalue weighted by atomic mass is 35.5. The van der Waals surface area contributed by atoms with Gasteiger partial charge in [-0.15, -0.1) is 0 Å². The second-order valence-corrected chi connectivity index (χ2v) is 13.1. The molecule has 2 atom stereocenters. The van der Waals surface area contributed by atoms with Gasteiger partial charge in [-0.05, 0) is 73.7 Å². The largest absolute Gasteiger partial charge is 0.352 e. The van der Waals surface area contributed by atoms with Gasteiger partial charge in [0.15, 0.2) is 0 Å². The molecule has 7 nitrogen and oxygen atoms in total. The molecule has 0 bridgehead atoms. The number of carbonyl (C=O) groups is 2. The van der Waals surface area contributed by atoms with Crippen molar-refractivity contribution in [2.75, 3.05) is 17.1 Å². The molecular weight excluding hydrogens is 581 g/mol. The van der Waals surface area contributed by atoms with E-state index in [1.807, 2.05) is 64.1 Å². The molecule has 1 N–H and O–H groups in total. The Bertz CT molecular complexity index is 1460. The number of hydrogen-bond donors (Lipinski definition) is 1. The lowest BCUT2D eigenvalue weighted by Gasteiger charge is -2.34. The fourth-order valence-electron chi connectivity index (χ4n) is 4.54. The Morgan fingerprint density at radius 1 is 0.902 bits per heavy atom. The van der Waals surface area contributed by atoms with Gasteiger partial charge >= 0.3 is 0 Å². The Labute approximate surface area is 253 Å². The summed E-state index contributed by atoms with van der Waals surface area (Å²) in [5.41, 5.74) is 3.63. The summed E-state index contributed by atoms with van der Waals surface area (Å²) in [7, 11) is -3.85. The molecule has 3 rings (SSSR count). The van der Waals surface area contributed by atoms with E-state index >= 15 is 0 Å². The summed E-state index contributed by atoms with van der Waals surface area (Å²) >= 11 is 12.4. The van der Waals surface area contributed by atoms with Crippen LogP contribution in [0.1, 0.15) is 42.5 Å². The van der Waals surface area contributed by atoms with E-state index < -0.39 is 28.5 Å². The monoisotopic (exact) mass is 617 g/mol. The maximum absolute atomic E-state index is 14.2. The molecule has 0 aliphatic heterocycles. The number of benzene rings is 3. The van der Waals surface area contributed by atoms with Crippen LogP contribution >= 0.6 is 23.2 Å². The van der Waals surface area contributed by atoms with Crippen molar-refractivity contribution >= 4 is 50.7 Å². The van der Waals surface area contributed by atoms with Crippen molar-refractivity contribution in [3.05, 3.63) is 99.0 Å². The van der Waals surface area contributed by atoms with Crippen LogP contribution in [0.4, 0.5) is 5.69 Å². The summed E-state index contributed by atoms with van der Waals surface area (Å²) in [6.45, 7) is 7.13. The third kappa shape index (κ3) is 9.21. The molecule has 3 aromatic carbocycles. The van der Waals surface area contributed by atoms with Crippen molar-refractivity contribution in [2.24, 2.45) is 0 Å². The predicted octanol–water partition coefficient (Wildman–Crippen LogP) is 5.93. The third-order valence-electron chi connectivity index (χ3n) is 6.78. The summed E-state index contributed by atoms with van der Waals surface area (Å²) in [5.74, 6) is -0.852. The maximum Gasteiger partial charge on any atom is 0.244 e. The molecule has 0 aliphatic carbocycles. The molecule has 0 saturated heterocycles. The minimum atomic E-state index is -3.85. The van der Waals surface area contributed by atoms with Crippen LogP contribution in [0.2, 0.25) is 10.0 Å². The number of aryl methyl sites for hydroxylation is 2. The van der Waals surface area contributed by atoms with Crippen LogP contribution in [0.5, 0.6) is 0 Å². The fraction of sp³-hybridized carbons (Fsp3) is 0.355. The standard InChI is InChI=1S/C31H37Cl2N3O4S/c1-6-23(4)34-31(38)29(18-24-10-8-7-9-11-24)35(19-25-12-13-27(32)28(33)17-25)30(37)20-36(41(5,39)40)26-15-21(2)14-22(3)16-26/h7-17,23,29H,6,18-20H2,1-5H3,(H,34,38). The van der Waals surface area contributed by atoms with Gasteiger partial charge in [0.2, 0.25) is 21.8 Å². The first-order valence-corrected chi connectivity index (χ1v) is 16.0. The van der Waals surface area contributed by atoms with Gasteiger partial charge in [-0.2, -0.15) is 0 Å². The van der Waals surface area contributed by atoms with Crippen LogP contribution < -0.4 is 9.62 Å². The van der Waals surface area contributed by atoms with Crippen LogP contribution in [0.3, 0.4) is 0 Å². The molecule has 0 saturated carbocycles. The number of hydrogen-bond acceptors (Lipinski definition) is 4. The number of rotatable bonds is 12. The molecule has 10 heteroatoms. The molecule has 220 valence electrons. The van der Waals surface area contributed by atoms with E-state index in [9.17, 15) is 18.0 Å². The van der Waals surface area contributed by atoms with E-state index in [1.54, 1.807) is 30.3 Å². The maximum atomic E-state index is 14.2. The van der Waals surface area contributed by atoms with Gasteiger partial charge in [-0.3, -0.25) is 13.9 Å². The van der Waals surface area contributed by atoms with Crippen LogP contribution in [-0.4, -0.2) is 50.0 Å². The number of amides is 2. The lowest BCUT2D eigenvalue weighted by molar-refractivity contribution is -0.140. The zero-order chi connectivity index (χ0) is 30.3. The molecule has 3 aromatic rings. The second kappa shape index (κ2) is 14.2. The Hall–Kier alpha value is -3.07. The molecule has 0 heterocycles. The number of carbonyl (C=O) groups excluding carboxylic acids is 2. The van der Waals surface area contributed by atoms with Crippen molar-refractivity contribution in [1.82, 2.24) is 10.2 Å². The van der Waals surface area contributed by atoms with Gasteiger partial charge in [-0.1, -0.05) is 72.6 Å². The van der Waals surface area contributed by atoms with Crippen molar-refractivity contribution in [2.45, 2.75) is 59.2 Å². The fourth-order valence-corrected chi connectivity index (χ4v) is 5.69. The topological polar surface area (TPSA) is 86.8 Å². The van der Waals surface area contributed by atoms with Crippen molar-refractivity contribution in [3.63, 3.8) is 0 Å². The molecule has 2 unspecified atom stereocenters. The minimum Gasteiger partial charge on any atom is -0.352 e. The van der Waals surface area contributed by atoms with E-state index in [-0.39, 0.29) is 24.9 Å². The second-order valence-electron chi connectivity index (χ2n) is 10.4. The number of sulfonamides is 1. The molecule has 41 heavy (non-hydrogen) atoms. The summed E-state index contributed by atoms with van der Waals surface area (Å²) in [4.78, 5) is 29.3. The average Bonchev–Trinajstić information content (AvgIpc) is 2.90. The summed E-state index contributed by atoms with van der Waals surface area (Å²) in [6, 6.07) is 18.8. The van der Waals surface area contributed by atoms with E-state index in [4.69, 9.17) is 23.2 Å². The lowest BCUT2D eigenvalue weighted by atomic mass is 10.0. The van der Waals surface area contributed by atoms with E-state index in [2.05, 4.69) is 5.32 Å². The number of nitrogens with one attached hydrogen (secondary N) is 1. The zero-order valence-corrected chi connectivity index (χ0v) is 26.4. The van der Waals surface area contributed by atoms with Crippen LogP contribution in [0.15, 0.2) is 66.7 Å². The summed E-state index contributed by atoms with van der Waals surface area (Å²) < 4.78 is 27.0. The van der Waals surface area contributed by atoms with Gasteiger partial charge in [0.25, 0.3) is 0 Å². The first kappa shape index (κ1) is 32.4. The Balaban J connectivity index is 2.10. The molecule has 0 radical (unpaired) electrons. The van der Waals surface area contributed by atoms with Crippen molar-refractivity contribution in [3.8, 4) is 0 Å². The van der Waals surface area contributed by atoms with E-state index in [0.717, 1.165) is 27.3 Å². The third-order valence-corrected chi connectivity index (χ3v) is 8.66. The lowest BCUT2D eigenvalue weighted by Crippen LogP contribution is -2.54. The number of halogens is 2. The van der Waals surface area contributed by atoms with Gasteiger partial charge < -0.3 is 10.2 Å². The first-order chi connectivity index (χ1) is 19.3. The van der Waals surface area contributed by atoms with Crippen LogP contribution in [0.25, 0.3) is 0 Å². The van der Waals surface area contributed by atoms with Gasteiger partial charge in [0, 0.05) is 19.0 Å². The quantitative estimate of drug-likeness (QED) is 0.273. The molecular formula is C31H37Cl2N3O4S. The molecule has 0 aromatic heterocycles. The van der Waals surface area contributed by atoms with E-state index in [0.29, 0.717) is 27.7 Å². The zero-order valence-electron chi connectivity index (χ0n) is 24.0. The molecule has 0 aliphatic rings. The number of anilines is 1.